The molecular formula is C37H42Cl2N8O4. The number of aromatic nitrogens is 6. The number of hydrogen-bond acceptors (Lipinski definition) is 9. The second kappa shape index (κ2) is 15.1. The standard InChI is InChI=1S/C37H42Cl2N8O4/c1-3-35(26(2)48)47-36(49)46(25-42-47)31-7-5-29(6-8-31)43-14-16-44(17-15-43)30-9-11-32(12-10-30)50-20-27-19-37(51-21-27,22-45-24-40-23-41-45)33-13-4-28(38)18-34(33)39/h4-13,18,23-27,35,48H,3,14-17,19-22H2,1-2H3/t26-,27?,35-,37-/m0/s1. The smallest absolute Gasteiger partial charge is 0.350 e. The molecule has 2 fully saturated rings. The van der Waals surface area contributed by atoms with Crippen molar-refractivity contribution in [3.63, 3.8) is 0 Å². The first kappa shape index (κ1) is 35.1. The van der Waals surface area contributed by atoms with Crippen molar-refractivity contribution in [2.75, 3.05) is 49.2 Å². The van der Waals surface area contributed by atoms with Crippen LogP contribution in [0, 0.1) is 5.92 Å². The fourth-order valence-corrected chi connectivity index (χ4v) is 7.82. The molecule has 0 spiro atoms. The summed E-state index contributed by atoms with van der Waals surface area (Å²) in [6.07, 6.45) is 5.38. The van der Waals surface area contributed by atoms with Gasteiger partial charge in [0.05, 0.1) is 37.6 Å². The van der Waals surface area contributed by atoms with E-state index in [2.05, 4.69) is 37.1 Å². The molecule has 0 radical (unpaired) electrons. The summed E-state index contributed by atoms with van der Waals surface area (Å²) in [5.41, 5.74) is 2.97. The molecule has 12 nitrogen and oxygen atoms in total. The molecule has 2 saturated heterocycles. The van der Waals surface area contributed by atoms with Crippen LogP contribution in [0.5, 0.6) is 5.75 Å². The molecule has 0 aliphatic carbocycles. The average Bonchev–Trinajstić information content (AvgIpc) is 3.90. The van der Waals surface area contributed by atoms with Crippen molar-refractivity contribution in [3.05, 3.63) is 112 Å². The summed E-state index contributed by atoms with van der Waals surface area (Å²) in [4.78, 5) is 21.8. The second-order valence-electron chi connectivity index (χ2n) is 13.3. The first-order chi connectivity index (χ1) is 24.7. The van der Waals surface area contributed by atoms with Crippen LogP contribution in [0.2, 0.25) is 10.0 Å². The van der Waals surface area contributed by atoms with Crippen LogP contribution >= 0.6 is 23.2 Å². The lowest BCUT2D eigenvalue weighted by atomic mass is 9.87. The van der Waals surface area contributed by atoms with Gasteiger partial charge in [0.15, 0.2) is 0 Å². The van der Waals surface area contributed by atoms with E-state index in [-0.39, 0.29) is 17.6 Å². The molecule has 0 amide bonds. The summed E-state index contributed by atoms with van der Waals surface area (Å²) >= 11 is 12.9. The fourth-order valence-electron chi connectivity index (χ4n) is 7.24. The number of aliphatic hydroxyl groups excluding tert-OH is 1. The van der Waals surface area contributed by atoms with Gasteiger partial charge in [0.2, 0.25) is 0 Å². The SMILES string of the molecule is CC[C@@H]([C@H](C)O)n1ncn(-c2ccc(N3CCN(c4ccc(OCC5CO[C@@](Cn6cncn6)(c6ccc(Cl)cc6Cl)C5)cc4)CC3)cc2)c1=O. The summed E-state index contributed by atoms with van der Waals surface area (Å²) < 4.78 is 17.4. The molecule has 0 saturated carbocycles. The van der Waals surface area contributed by atoms with Crippen LogP contribution in [0.4, 0.5) is 11.4 Å². The summed E-state index contributed by atoms with van der Waals surface area (Å²) in [6, 6.07) is 21.4. The Kier molecular flexibility index (Phi) is 10.4. The van der Waals surface area contributed by atoms with E-state index in [4.69, 9.17) is 32.7 Å². The molecule has 5 aromatic rings. The quantitative estimate of drug-likeness (QED) is 0.175. The summed E-state index contributed by atoms with van der Waals surface area (Å²) in [7, 11) is 0. The molecule has 7 rings (SSSR count). The lowest BCUT2D eigenvalue weighted by Gasteiger charge is -2.37. The van der Waals surface area contributed by atoms with Crippen LogP contribution < -0.4 is 20.2 Å². The Morgan fingerprint density at radius 1 is 0.941 bits per heavy atom. The van der Waals surface area contributed by atoms with E-state index in [9.17, 15) is 9.90 Å². The lowest BCUT2D eigenvalue weighted by Crippen LogP contribution is -2.46. The van der Waals surface area contributed by atoms with Gasteiger partial charge in [-0.25, -0.2) is 23.7 Å². The maximum absolute atomic E-state index is 13.0. The van der Waals surface area contributed by atoms with Gasteiger partial charge < -0.3 is 24.4 Å². The van der Waals surface area contributed by atoms with Crippen molar-refractivity contribution in [2.24, 2.45) is 5.92 Å². The molecule has 1 unspecified atom stereocenters. The molecule has 51 heavy (non-hydrogen) atoms. The maximum atomic E-state index is 13.0. The van der Waals surface area contributed by atoms with Crippen molar-refractivity contribution >= 4 is 34.6 Å². The number of anilines is 2. The fraction of sp³-hybridized carbons (Fsp3) is 0.405. The Bertz CT molecular complexity index is 1960. The van der Waals surface area contributed by atoms with Gasteiger partial charge in [0.25, 0.3) is 0 Å². The number of halogens is 2. The highest BCUT2D eigenvalue weighted by molar-refractivity contribution is 6.35. The minimum absolute atomic E-state index is 0.157. The minimum atomic E-state index is -0.668. The topological polar surface area (TPSA) is 116 Å². The highest BCUT2D eigenvalue weighted by atomic mass is 35.5. The zero-order valence-electron chi connectivity index (χ0n) is 28.7. The molecule has 14 heteroatoms. The van der Waals surface area contributed by atoms with Gasteiger partial charge in [-0.3, -0.25) is 0 Å². The van der Waals surface area contributed by atoms with Crippen LogP contribution in [0.1, 0.15) is 38.3 Å². The Balaban J connectivity index is 0.923. The maximum Gasteiger partial charge on any atom is 0.350 e. The zero-order valence-corrected chi connectivity index (χ0v) is 30.2. The van der Waals surface area contributed by atoms with Gasteiger partial charge in [-0.2, -0.15) is 10.2 Å². The number of rotatable bonds is 12. The number of benzene rings is 3. The molecule has 2 aliphatic rings. The van der Waals surface area contributed by atoms with Crippen molar-refractivity contribution in [3.8, 4) is 11.4 Å². The van der Waals surface area contributed by atoms with Crippen LogP contribution in [0.25, 0.3) is 5.69 Å². The highest BCUT2D eigenvalue weighted by Crippen LogP contribution is 2.44. The van der Waals surface area contributed by atoms with Crippen molar-refractivity contribution in [2.45, 2.75) is 51.0 Å². The molecular weight excluding hydrogens is 691 g/mol. The molecule has 0 bridgehead atoms. The van der Waals surface area contributed by atoms with Crippen LogP contribution in [0.15, 0.2) is 90.5 Å². The number of piperazine rings is 1. The van der Waals surface area contributed by atoms with E-state index in [0.29, 0.717) is 42.6 Å². The Morgan fingerprint density at radius 3 is 2.22 bits per heavy atom. The van der Waals surface area contributed by atoms with Gasteiger partial charge in [0, 0.05) is 59.1 Å². The van der Waals surface area contributed by atoms with Crippen molar-refractivity contribution in [1.82, 2.24) is 29.1 Å². The Hall–Kier alpha value is -4.36. The number of hydrogen-bond donors (Lipinski definition) is 1. The zero-order chi connectivity index (χ0) is 35.5. The van der Waals surface area contributed by atoms with Gasteiger partial charge in [-0.1, -0.05) is 36.2 Å². The molecule has 2 aromatic heterocycles. The second-order valence-corrected chi connectivity index (χ2v) is 14.2. The third-order valence-electron chi connectivity index (χ3n) is 9.96. The largest absolute Gasteiger partial charge is 0.493 e. The number of nitrogens with zero attached hydrogens (tertiary/aromatic N) is 8. The van der Waals surface area contributed by atoms with Gasteiger partial charge >= 0.3 is 5.69 Å². The molecule has 1 N–H and O–H groups in total. The first-order valence-corrected chi connectivity index (χ1v) is 18.1. The molecule has 2 aliphatic heterocycles. The van der Waals surface area contributed by atoms with Gasteiger partial charge in [-0.15, -0.1) is 0 Å². The van der Waals surface area contributed by atoms with E-state index in [1.165, 1.54) is 21.9 Å². The van der Waals surface area contributed by atoms with Gasteiger partial charge in [0.1, 0.15) is 30.3 Å². The van der Waals surface area contributed by atoms with Crippen molar-refractivity contribution < 1.29 is 14.6 Å². The number of aliphatic hydroxyl groups is 1. The predicted octanol–water partition coefficient (Wildman–Crippen LogP) is 5.60. The predicted molar refractivity (Wildman–Crippen MR) is 197 cm³/mol. The summed E-state index contributed by atoms with van der Waals surface area (Å²) in [5, 5.41) is 19.8. The Labute approximate surface area is 306 Å². The van der Waals surface area contributed by atoms with Gasteiger partial charge in [-0.05, 0) is 80.4 Å². The lowest BCUT2D eigenvalue weighted by molar-refractivity contribution is -0.0179. The van der Waals surface area contributed by atoms with Crippen LogP contribution in [0.3, 0.4) is 0 Å². The third-order valence-corrected chi connectivity index (χ3v) is 10.5. The van der Waals surface area contributed by atoms with E-state index < -0.39 is 11.7 Å². The third kappa shape index (κ3) is 7.50. The van der Waals surface area contributed by atoms with E-state index in [1.807, 2.05) is 55.5 Å². The monoisotopic (exact) mass is 732 g/mol. The molecule has 3 aromatic carbocycles. The Morgan fingerprint density at radius 2 is 1.61 bits per heavy atom. The van der Waals surface area contributed by atoms with Crippen LogP contribution in [-0.4, -0.2) is 79.7 Å². The number of ether oxygens (including phenoxy) is 2. The van der Waals surface area contributed by atoms with Crippen molar-refractivity contribution in [1.29, 1.82) is 0 Å². The van der Waals surface area contributed by atoms with Crippen LogP contribution in [-0.2, 0) is 16.9 Å². The first-order valence-electron chi connectivity index (χ1n) is 17.3. The normalized spacial score (nSPS) is 20.5. The average molecular weight is 734 g/mol. The molecule has 4 atom stereocenters. The highest BCUT2D eigenvalue weighted by Gasteiger charge is 2.44. The summed E-state index contributed by atoms with van der Waals surface area (Å²) in [5.74, 6) is 0.973. The molecule has 4 heterocycles. The van der Waals surface area contributed by atoms with E-state index in [1.54, 1.807) is 24.0 Å². The van der Waals surface area contributed by atoms with E-state index in [0.717, 1.165) is 54.6 Å². The molecule has 268 valence electrons. The minimum Gasteiger partial charge on any atom is -0.493 e. The van der Waals surface area contributed by atoms with E-state index >= 15 is 0 Å². The summed E-state index contributed by atoms with van der Waals surface area (Å²) in [6.45, 7) is 8.65.